The van der Waals surface area contributed by atoms with Gasteiger partial charge in [0.15, 0.2) is 0 Å². The third-order valence-corrected chi connectivity index (χ3v) is 4.33. The maximum atomic E-state index is 12.6. The van der Waals surface area contributed by atoms with E-state index in [0.717, 1.165) is 16.7 Å². The Morgan fingerprint density at radius 1 is 0.675 bits per heavy atom. The second kappa shape index (κ2) is 19.3. The summed E-state index contributed by atoms with van der Waals surface area (Å²) in [7, 11) is 0. The maximum Gasteiger partial charge on any atom is 0.332 e. The monoisotopic (exact) mass is 566 g/mol. The van der Waals surface area contributed by atoms with Gasteiger partial charge in [-0.25, -0.2) is 22.8 Å². The van der Waals surface area contributed by atoms with Crippen molar-refractivity contribution in [3.05, 3.63) is 107 Å². The number of hydrogen-bond donors (Lipinski definition) is 2. The molecule has 3 aromatic carbocycles. The first-order valence-corrected chi connectivity index (χ1v) is 11.8. The van der Waals surface area contributed by atoms with Gasteiger partial charge in [0.1, 0.15) is 36.3 Å². The fourth-order valence-corrected chi connectivity index (χ4v) is 2.63. The molecule has 3 aromatic rings. The molecule has 0 aliphatic heterocycles. The molecule has 3 rings (SSSR count). The van der Waals surface area contributed by atoms with Crippen molar-refractivity contribution in [1.82, 2.24) is 0 Å². The summed E-state index contributed by atoms with van der Waals surface area (Å²) in [6.45, 7) is 5.37. The minimum absolute atomic E-state index is 0. The highest BCUT2D eigenvalue weighted by molar-refractivity contribution is 5.71. The fraction of sp³-hybridized carbons (Fsp3) is 0.333. The van der Waals surface area contributed by atoms with Crippen LogP contribution in [0.3, 0.4) is 0 Å². The fourth-order valence-electron chi connectivity index (χ4n) is 2.63. The Morgan fingerprint density at radius 3 is 1.35 bits per heavy atom. The second-order valence-electron chi connectivity index (χ2n) is 9.00. The minimum Gasteiger partial charge on any atom is -0.480 e. The molecule has 0 aliphatic carbocycles. The normalized spacial score (nSPS) is 10.2. The summed E-state index contributed by atoms with van der Waals surface area (Å²) in [5, 5.41) is 16.8. The second-order valence-corrected chi connectivity index (χ2v) is 9.00. The predicted molar refractivity (Wildman–Crippen MR) is 145 cm³/mol. The van der Waals surface area contributed by atoms with E-state index in [1.807, 2.05) is 0 Å². The van der Waals surface area contributed by atoms with Crippen LogP contribution in [0.1, 0.15) is 44.9 Å². The maximum absolute atomic E-state index is 12.6. The lowest BCUT2D eigenvalue weighted by atomic mass is 10.2. The summed E-state index contributed by atoms with van der Waals surface area (Å²) < 4.78 is 52.2. The lowest BCUT2D eigenvalue weighted by molar-refractivity contribution is -0.160. The molecule has 0 atom stereocenters. The molecule has 0 spiro atoms. The molecule has 0 radical (unpaired) electrons. The minimum atomic E-state index is -1.01. The largest absolute Gasteiger partial charge is 0.480 e. The number of halogens is 3. The van der Waals surface area contributed by atoms with E-state index < -0.39 is 17.5 Å². The number of benzene rings is 3. The van der Waals surface area contributed by atoms with E-state index in [9.17, 15) is 22.8 Å². The van der Waals surface area contributed by atoms with Crippen molar-refractivity contribution in [2.24, 2.45) is 0 Å². The first-order chi connectivity index (χ1) is 18.4. The quantitative estimate of drug-likeness (QED) is 0.303. The van der Waals surface area contributed by atoms with Gasteiger partial charge in [-0.3, -0.25) is 0 Å². The summed E-state index contributed by atoms with van der Waals surface area (Å²) in [5.41, 5.74) is 1.80. The van der Waals surface area contributed by atoms with Crippen LogP contribution in [0.15, 0.2) is 72.8 Å². The van der Waals surface area contributed by atoms with Crippen molar-refractivity contribution in [1.29, 1.82) is 0 Å². The standard InChI is InChI=1S/C13H17FO3.C9H9FO3.C7H7FO.CH4/c1-13(2,3)17-12(15)9-16-8-10-4-6-11(14)7-5-10;10-8-3-1-7(2-4-8)5-13-6-9(11)12;8-7-3-1-6(5-9)2-4-7;/h4-7H,8-9H2,1-3H3;1-4H,5-6H2,(H,11,12);1-4,9H,5H2;1H4. The van der Waals surface area contributed by atoms with Gasteiger partial charge in [0.2, 0.25) is 0 Å². The summed E-state index contributed by atoms with van der Waals surface area (Å²) in [6, 6.07) is 17.4. The van der Waals surface area contributed by atoms with Gasteiger partial charge in [-0.05, 0) is 73.9 Å². The van der Waals surface area contributed by atoms with E-state index in [4.69, 9.17) is 24.4 Å². The molecule has 0 fully saturated rings. The van der Waals surface area contributed by atoms with E-state index in [2.05, 4.69) is 0 Å². The Kier molecular flexibility index (Phi) is 17.5. The van der Waals surface area contributed by atoms with E-state index in [-0.39, 0.29) is 57.9 Å². The molecule has 2 N–H and O–H groups in total. The van der Waals surface area contributed by atoms with Crippen molar-refractivity contribution in [2.75, 3.05) is 13.2 Å². The topological polar surface area (TPSA) is 102 Å². The highest BCUT2D eigenvalue weighted by Crippen LogP contribution is 2.08. The molecule has 0 aliphatic rings. The molecular formula is C30H37F3O7. The third-order valence-electron chi connectivity index (χ3n) is 4.33. The first kappa shape index (κ1) is 36.3. The molecule has 0 aromatic heterocycles. The number of aliphatic hydroxyl groups is 1. The molecule has 0 saturated heterocycles. The molecule has 7 nitrogen and oxygen atoms in total. The smallest absolute Gasteiger partial charge is 0.332 e. The molecule has 220 valence electrons. The van der Waals surface area contributed by atoms with Crippen LogP contribution in [0.4, 0.5) is 13.2 Å². The molecular weight excluding hydrogens is 529 g/mol. The average Bonchev–Trinajstić information content (AvgIpc) is 2.86. The summed E-state index contributed by atoms with van der Waals surface area (Å²) in [4.78, 5) is 21.4. The van der Waals surface area contributed by atoms with Gasteiger partial charge >= 0.3 is 11.9 Å². The molecule has 0 amide bonds. The highest BCUT2D eigenvalue weighted by Gasteiger charge is 2.16. The molecule has 0 unspecified atom stereocenters. The van der Waals surface area contributed by atoms with Crippen LogP contribution in [0.25, 0.3) is 0 Å². The van der Waals surface area contributed by atoms with Crippen molar-refractivity contribution >= 4 is 11.9 Å². The van der Waals surface area contributed by atoms with Crippen molar-refractivity contribution in [2.45, 2.75) is 53.6 Å². The van der Waals surface area contributed by atoms with Crippen molar-refractivity contribution in [3.63, 3.8) is 0 Å². The van der Waals surface area contributed by atoms with Crippen molar-refractivity contribution in [3.8, 4) is 0 Å². The number of hydrogen-bond acceptors (Lipinski definition) is 6. The number of ether oxygens (including phenoxy) is 3. The number of aliphatic carboxylic acids is 1. The molecule has 10 heteroatoms. The number of esters is 1. The van der Waals surface area contributed by atoms with Gasteiger partial charge in [0, 0.05) is 0 Å². The molecule has 0 bridgehead atoms. The summed E-state index contributed by atoms with van der Waals surface area (Å²) in [6.07, 6.45) is 0. The van der Waals surface area contributed by atoms with Crippen LogP contribution in [0.5, 0.6) is 0 Å². The highest BCUT2D eigenvalue weighted by atomic mass is 19.1. The molecule has 40 heavy (non-hydrogen) atoms. The third kappa shape index (κ3) is 18.5. The van der Waals surface area contributed by atoms with Gasteiger partial charge in [-0.2, -0.15) is 0 Å². The van der Waals surface area contributed by atoms with E-state index >= 15 is 0 Å². The zero-order valence-corrected chi connectivity index (χ0v) is 22.0. The predicted octanol–water partition coefficient (Wildman–Crippen LogP) is 6.07. The Balaban J connectivity index is 0.000000589. The van der Waals surface area contributed by atoms with Gasteiger partial charge in [0.25, 0.3) is 0 Å². The van der Waals surface area contributed by atoms with Gasteiger partial charge < -0.3 is 24.4 Å². The number of rotatable bonds is 9. The van der Waals surface area contributed by atoms with Crippen LogP contribution >= 0.6 is 0 Å². The van der Waals surface area contributed by atoms with E-state index in [0.29, 0.717) is 0 Å². The lowest BCUT2D eigenvalue weighted by Gasteiger charge is -2.19. The Morgan fingerprint density at radius 2 is 1.02 bits per heavy atom. The van der Waals surface area contributed by atoms with E-state index in [1.54, 1.807) is 57.2 Å². The van der Waals surface area contributed by atoms with Crippen LogP contribution in [0.2, 0.25) is 0 Å². The zero-order valence-electron chi connectivity index (χ0n) is 22.0. The molecule has 0 saturated carbocycles. The average molecular weight is 567 g/mol. The van der Waals surface area contributed by atoms with Gasteiger partial charge in [-0.15, -0.1) is 0 Å². The van der Waals surface area contributed by atoms with E-state index in [1.165, 1.54) is 36.4 Å². The number of carboxylic acid groups (broad SMARTS) is 1. The van der Waals surface area contributed by atoms with Crippen LogP contribution < -0.4 is 0 Å². The van der Waals surface area contributed by atoms with Crippen LogP contribution in [-0.2, 0) is 43.6 Å². The van der Waals surface area contributed by atoms with Gasteiger partial charge in [0.05, 0.1) is 19.8 Å². The van der Waals surface area contributed by atoms with Crippen LogP contribution in [-0.4, -0.2) is 41.0 Å². The number of aliphatic hydroxyl groups excluding tert-OH is 1. The zero-order chi connectivity index (χ0) is 29.3. The Labute approximate surface area is 233 Å². The summed E-state index contributed by atoms with van der Waals surface area (Å²) in [5.74, 6) is -2.29. The lowest BCUT2D eigenvalue weighted by Crippen LogP contribution is -2.26. The molecule has 0 heterocycles. The number of carbonyl (C=O) groups excluding carboxylic acids is 1. The number of carboxylic acids is 1. The van der Waals surface area contributed by atoms with Crippen LogP contribution in [0, 0.1) is 17.5 Å². The van der Waals surface area contributed by atoms with Crippen molar-refractivity contribution < 1.29 is 47.2 Å². The Bertz CT molecular complexity index is 1110. The number of carbonyl (C=O) groups is 2. The Hall–Kier alpha value is -3.73. The first-order valence-electron chi connectivity index (χ1n) is 11.8. The van der Waals surface area contributed by atoms with Gasteiger partial charge in [-0.1, -0.05) is 43.8 Å². The SMILES string of the molecule is C.CC(C)(C)OC(=O)COCc1ccc(F)cc1.O=C(O)COCc1ccc(F)cc1.OCc1ccc(F)cc1. The summed E-state index contributed by atoms with van der Waals surface area (Å²) >= 11 is 0.